The molecule has 21 heavy (non-hydrogen) atoms. The predicted molar refractivity (Wildman–Crippen MR) is 67.3 cm³/mol. The largest absolute Gasteiger partial charge is 0.504 e. The lowest BCUT2D eigenvalue weighted by molar-refractivity contribution is -0.173. The molecule has 0 saturated heterocycles. The van der Waals surface area contributed by atoms with Crippen molar-refractivity contribution in [2.24, 2.45) is 5.73 Å². The Kier molecular flexibility index (Phi) is 5.47. The second-order valence-corrected chi connectivity index (χ2v) is 4.14. The number of aromatic hydroxyl groups is 2. The van der Waals surface area contributed by atoms with Crippen molar-refractivity contribution in [3.8, 4) is 11.5 Å². The Morgan fingerprint density at radius 1 is 1.14 bits per heavy atom. The van der Waals surface area contributed by atoms with Crippen LogP contribution in [0.5, 0.6) is 11.5 Å². The van der Waals surface area contributed by atoms with Crippen molar-refractivity contribution in [3.05, 3.63) is 23.8 Å². The number of carbonyl (C=O) groups is 2. The molecule has 0 radical (unpaired) electrons. The van der Waals surface area contributed by atoms with Crippen molar-refractivity contribution in [1.82, 2.24) is 0 Å². The van der Waals surface area contributed by atoms with Gasteiger partial charge in [0, 0.05) is 6.54 Å². The van der Waals surface area contributed by atoms with Gasteiger partial charge in [-0.05, 0) is 17.7 Å². The Bertz CT molecular complexity index is 532. The van der Waals surface area contributed by atoms with Crippen LogP contribution in [0.25, 0.3) is 0 Å². The first-order chi connectivity index (χ1) is 9.77. The molecule has 0 aromatic heterocycles. The Labute approximate surface area is 118 Å². The van der Waals surface area contributed by atoms with Gasteiger partial charge in [-0.1, -0.05) is 6.07 Å². The summed E-state index contributed by atoms with van der Waals surface area (Å²) >= 11 is 0. The van der Waals surface area contributed by atoms with Crippen molar-refractivity contribution in [2.75, 3.05) is 6.54 Å². The fraction of sp³-hybridized carbons (Fsp3) is 0.333. The quantitative estimate of drug-likeness (QED) is 0.269. The van der Waals surface area contributed by atoms with Gasteiger partial charge < -0.3 is 36.0 Å². The summed E-state index contributed by atoms with van der Waals surface area (Å²) in [5.41, 5.74) is 5.62. The van der Waals surface area contributed by atoms with Gasteiger partial charge in [0.25, 0.3) is 0 Å². The molecule has 0 aliphatic heterocycles. The number of aliphatic carboxylic acids is 1. The van der Waals surface area contributed by atoms with Crippen molar-refractivity contribution in [1.29, 1.82) is 0 Å². The third-order valence-electron chi connectivity index (χ3n) is 2.64. The summed E-state index contributed by atoms with van der Waals surface area (Å²) in [5, 5.41) is 45.4. The van der Waals surface area contributed by atoms with E-state index >= 15 is 0 Å². The van der Waals surface area contributed by atoms with Crippen LogP contribution in [0.3, 0.4) is 0 Å². The fourth-order valence-electron chi connectivity index (χ4n) is 1.47. The summed E-state index contributed by atoms with van der Waals surface area (Å²) in [7, 11) is 0. The number of ether oxygens (including phenoxy) is 1. The molecule has 9 nitrogen and oxygen atoms in total. The van der Waals surface area contributed by atoms with E-state index in [2.05, 4.69) is 0 Å². The first-order valence-electron chi connectivity index (χ1n) is 5.79. The summed E-state index contributed by atoms with van der Waals surface area (Å²) < 4.78 is 4.78. The summed E-state index contributed by atoms with van der Waals surface area (Å²) in [6.07, 6.45) is -5.70. The zero-order chi connectivity index (χ0) is 16.2. The van der Waals surface area contributed by atoms with E-state index in [1.807, 2.05) is 0 Å². The average Bonchev–Trinajstić information content (AvgIpc) is 2.45. The molecule has 3 atom stereocenters. The van der Waals surface area contributed by atoms with E-state index in [0.717, 1.165) is 12.1 Å². The lowest BCUT2D eigenvalue weighted by Gasteiger charge is -2.20. The molecule has 0 amide bonds. The van der Waals surface area contributed by atoms with E-state index in [4.69, 9.17) is 20.7 Å². The summed E-state index contributed by atoms with van der Waals surface area (Å²) in [5.74, 6) is -4.02. The van der Waals surface area contributed by atoms with Crippen molar-refractivity contribution < 1.29 is 39.9 Å². The molecule has 7 N–H and O–H groups in total. The number of esters is 1. The topological polar surface area (TPSA) is 171 Å². The summed E-state index contributed by atoms with van der Waals surface area (Å²) in [6, 6.07) is 3.56. The second kappa shape index (κ2) is 6.88. The lowest BCUT2D eigenvalue weighted by Crippen LogP contribution is -2.41. The maximum atomic E-state index is 11.5. The number of hydrogen-bond acceptors (Lipinski definition) is 8. The molecule has 0 aliphatic rings. The van der Waals surface area contributed by atoms with Crippen LogP contribution in [0.2, 0.25) is 0 Å². The number of rotatable bonds is 6. The summed E-state index contributed by atoms with van der Waals surface area (Å²) in [4.78, 5) is 22.0. The molecular formula is C12H15NO8. The van der Waals surface area contributed by atoms with Crippen LogP contribution in [0, 0.1) is 0 Å². The number of phenolic OH excluding ortho intramolecular Hbond substituents is 2. The van der Waals surface area contributed by atoms with Crippen LogP contribution in [0.4, 0.5) is 0 Å². The second-order valence-electron chi connectivity index (χ2n) is 4.14. The van der Waals surface area contributed by atoms with E-state index in [0.29, 0.717) is 0 Å². The Hall–Kier alpha value is -2.36. The van der Waals surface area contributed by atoms with Crippen LogP contribution in [-0.2, 0) is 14.3 Å². The minimum absolute atomic E-state index is 0.221. The van der Waals surface area contributed by atoms with Gasteiger partial charge in [-0.3, -0.25) is 0 Å². The highest BCUT2D eigenvalue weighted by atomic mass is 16.6. The van der Waals surface area contributed by atoms with Gasteiger partial charge in [0.15, 0.2) is 23.7 Å². The maximum Gasteiger partial charge on any atom is 0.339 e. The zero-order valence-electron chi connectivity index (χ0n) is 10.7. The molecular weight excluding hydrogens is 286 g/mol. The number of aliphatic hydroxyl groups is 2. The Morgan fingerprint density at radius 2 is 1.76 bits per heavy atom. The number of hydrogen-bond donors (Lipinski definition) is 6. The molecule has 9 heteroatoms. The Balaban J connectivity index is 2.84. The van der Waals surface area contributed by atoms with Gasteiger partial charge in [-0.25, -0.2) is 9.59 Å². The lowest BCUT2D eigenvalue weighted by atomic mass is 10.1. The molecule has 3 unspecified atom stereocenters. The molecule has 0 heterocycles. The average molecular weight is 301 g/mol. The SMILES string of the molecule is NCC(OC(=O)C(O)C(O)C(=O)O)c1ccc(O)c(O)c1. The number of nitrogens with two attached hydrogens (primary N) is 1. The smallest absolute Gasteiger partial charge is 0.339 e. The molecule has 1 rings (SSSR count). The molecule has 0 saturated carbocycles. The highest BCUT2D eigenvalue weighted by Gasteiger charge is 2.33. The first kappa shape index (κ1) is 16.7. The molecule has 1 aromatic carbocycles. The first-order valence-corrected chi connectivity index (χ1v) is 5.79. The predicted octanol–water partition coefficient (Wildman–Crippen LogP) is -1.55. The van der Waals surface area contributed by atoms with Gasteiger partial charge in [-0.2, -0.15) is 0 Å². The maximum absolute atomic E-state index is 11.5. The minimum atomic E-state index is -2.33. The van der Waals surface area contributed by atoms with Crippen LogP contribution in [0.1, 0.15) is 11.7 Å². The van der Waals surface area contributed by atoms with Gasteiger partial charge in [0.2, 0.25) is 0 Å². The van der Waals surface area contributed by atoms with Gasteiger partial charge >= 0.3 is 11.9 Å². The van der Waals surface area contributed by atoms with Crippen LogP contribution < -0.4 is 5.73 Å². The molecule has 0 spiro atoms. The standard InChI is InChI=1S/C12H15NO8/c13-4-8(5-1-2-6(14)7(15)3-5)21-12(20)10(17)9(16)11(18)19/h1-3,8-10,14-17H,4,13H2,(H,18,19). The number of benzene rings is 1. The van der Waals surface area contributed by atoms with E-state index < -0.39 is 36.0 Å². The number of carboxylic acid groups (broad SMARTS) is 1. The van der Waals surface area contributed by atoms with E-state index in [1.54, 1.807) is 0 Å². The molecule has 0 bridgehead atoms. The summed E-state index contributed by atoms with van der Waals surface area (Å²) in [6.45, 7) is -0.230. The zero-order valence-corrected chi connectivity index (χ0v) is 10.7. The number of carbonyl (C=O) groups excluding carboxylic acids is 1. The van der Waals surface area contributed by atoms with E-state index in [-0.39, 0.29) is 17.9 Å². The van der Waals surface area contributed by atoms with Gasteiger partial charge in [0.1, 0.15) is 6.10 Å². The molecule has 0 fully saturated rings. The van der Waals surface area contributed by atoms with Crippen molar-refractivity contribution in [3.63, 3.8) is 0 Å². The minimum Gasteiger partial charge on any atom is -0.504 e. The number of phenols is 2. The third-order valence-corrected chi connectivity index (χ3v) is 2.64. The van der Waals surface area contributed by atoms with E-state index in [9.17, 15) is 24.9 Å². The fourth-order valence-corrected chi connectivity index (χ4v) is 1.47. The van der Waals surface area contributed by atoms with Crippen molar-refractivity contribution in [2.45, 2.75) is 18.3 Å². The van der Waals surface area contributed by atoms with Gasteiger partial charge in [0.05, 0.1) is 0 Å². The normalized spacial score (nSPS) is 15.0. The molecule has 0 aliphatic carbocycles. The Morgan fingerprint density at radius 3 is 2.24 bits per heavy atom. The number of carboxylic acids is 1. The highest BCUT2D eigenvalue weighted by molar-refractivity contribution is 5.84. The number of aliphatic hydroxyl groups excluding tert-OH is 2. The van der Waals surface area contributed by atoms with Crippen LogP contribution >= 0.6 is 0 Å². The van der Waals surface area contributed by atoms with E-state index in [1.165, 1.54) is 6.07 Å². The monoisotopic (exact) mass is 301 g/mol. The highest BCUT2D eigenvalue weighted by Crippen LogP contribution is 2.29. The van der Waals surface area contributed by atoms with Crippen LogP contribution in [0.15, 0.2) is 18.2 Å². The molecule has 1 aromatic rings. The van der Waals surface area contributed by atoms with Crippen molar-refractivity contribution >= 4 is 11.9 Å². The van der Waals surface area contributed by atoms with Gasteiger partial charge in [-0.15, -0.1) is 0 Å². The molecule has 116 valence electrons. The third kappa shape index (κ3) is 4.05. The van der Waals surface area contributed by atoms with Crippen LogP contribution in [-0.4, -0.2) is 56.2 Å².